The van der Waals surface area contributed by atoms with E-state index >= 15 is 0 Å². The van der Waals surface area contributed by atoms with Crippen LogP contribution < -0.4 is 0 Å². The minimum atomic E-state index is -3.69. The highest BCUT2D eigenvalue weighted by atomic mass is 35.5. The van der Waals surface area contributed by atoms with Crippen LogP contribution in [0.1, 0.15) is 19.8 Å². The molecule has 2 aliphatic heterocycles. The molecule has 2 atom stereocenters. The van der Waals surface area contributed by atoms with E-state index in [0.717, 1.165) is 5.39 Å². The van der Waals surface area contributed by atoms with Gasteiger partial charge in [-0.3, -0.25) is 4.90 Å². The Morgan fingerprint density at radius 2 is 1.78 bits per heavy atom. The number of carbonyl (C=O) groups excluding carboxylic acids is 1. The molecule has 168 valence electrons. The smallest absolute Gasteiger partial charge is 0.410 e. The number of benzene rings is 2. The molecular weight excluding hydrogens is 448 g/mol. The number of allylic oxidation sites excluding steroid dienone is 2. The number of carbonyl (C=O) groups is 1. The standard InChI is InChI=1S/C24H25ClN2O4S/c1-16-6-8-22-17(14-16)15-31-24(28)27(22)18-10-12-26(13-11-18)32(29,30)23-9-7-21(25)19-4-2-3-5-20(19)23/h2-9,14,17-18,22H,10-13,15H2,1H3. The Bertz CT molecular complexity index is 1230. The van der Waals surface area contributed by atoms with Gasteiger partial charge in [-0.2, -0.15) is 4.31 Å². The SMILES string of the molecule is CC1=CC2COC(=O)N(C3CCN(S(=O)(=O)c4ccc(Cl)c5ccccc45)CC3)C2C=C1. The lowest BCUT2D eigenvalue weighted by atomic mass is 9.88. The highest BCUT2D eigenvalue weighted by Crippen LogP contribution is 2.35. The molecule has 2 aromatic carbocycles. The fourth-order valence-electron chi connectivity index (χ4n) is 5.05. The van der Waals surface area contributed by atoms with E-state index in [1.165, 1.54) is 9.88 Å². The van der Waals surface area contributed by atoms with E-state index in [-0.39, 0.29) is 29.0 Å². The molecule has 0 saturated carbocycles. The van der Waals surface area contributed by atoms with Crippen molar-refractivity contribution in [3.8, 4) is 0 Å². The Hall–Kier alpha value is -2.35. The Balaban J connectivity index is 1.36. The first-order valence-corrected chi connectivity index (χ1v) is 12.7. The first-order valence-electron chi connectivity index (χ1n) is 10.9. The van der Waals surface area contributed by atoms with Crippen molar-refractivity contribution < 1.29 is 17.9 Å². The number of nitrogens with zero attached hydrogens (tertiary/aromatic N) is 2. The van der Waals surface area contributed by atoms with E-state index in [9.17, 15) is 13.2 Å². The number of sulfonamides is 1. The van der Waals surface area contributed by atoms with Crippen molar-refractivity contribution in [3.63, 3.8) is 0 Å². The van der Waals surface area contributed by atoms with Crippen molar-refractivity contribution in [2.45, 2.75) is 36.7 Å². The largest absolute Gasteiger partial charge is 0.449 e. The molecule has 1 aliphatic carbocycles. The summed E-state index contributed by atoms with van der Waals surface area (Å²) in [4.78, 5) is 14.7. The number of fused-ring (bicyclic) bond motifs is 2. The van der Waals surface area contributed by atoms with Gasteiger partial charge in [0.05, 0.1) is 10.9 Å². The Morgan fingerprint density at radius 1 is 1.06 bits per heavy atom. The van der Waals surface area contributed by atoms with E-state index in [1.54, 1.807) is 18.2 Å². The zero-order valence-corrected chi connectivity index (χ0v) is 19.3. The van der Waals surface area contributed by atoms with E-state index in [4.69, 9.17) is 16.3 Å². The second-order valence-electron chi connectivity index (χ2n) is 8.63. The number of halogens is 1. The zero-order valence-electron chi connectivity index (χ0n) is 17.8. The lowest BCUT2D eigenvalue weighted by molar-refractivity contribution is 0.00595. The monoisotopic (exact) mass is 472 g/mol. The third-order valence-electron chi connectivity index (χ3n) is 6.67. The molecule has 1 amide bonds. The van der Waals surface area contributed by atoms with E-state index in [1.807, 2.05) is 36.1 Å². The third kappa shape index (κ3) is 3.62. The van der Waals surface area contributed by atoms with Crippen LogP contribution in [0.5, 0.6) is 0 Å². The van der Waals surface area contributed by atoms with E-state index < -0.39 is 10.0 Å². The maximum atomic E-state index is 13.5. The highest BCUT2D eigenvalue weighted by molar-refractivity contribution is 7.89. The van der Waals surface area contributed by atoms with Gasteiger partial charge in [0.2, 0.25) is 10.0 Å². The summed E-state index contributed by atoms with van der Waals surface area (Å²) in [7, 11) is -3.69. The topological polar surface area (TPSA) is 66.9 Å². The van der Waals surface area contributed by atoms with E-state index in [0.29, 0.717) is 42.9 Å². The summed E-state index contributed by atoms with van der Waals surface area (Å²) in [5, 5.41) is 1.87. The summed E-state index contributed by atoms with van der Waals surface area (Å²) in [5.41, 5.74) is 1.17. The Labute approximate surface area is 193 Å². The normalized spacial score (nSPS) is 24.9. The molecule has 2 saturated heterocycles. The Morgan fingerprint density at radius 3 is 2.53 bits per heavy atom. The lowest BCUT2D eigenvalue weighted by Gasteiger charge is -2.45. The van der Waals surface area contributed by atoms with Gasteiger partial charge in [-0.15, -0.1) is 0 Å². The van der Waals surface area contributed by atoms with Crippen LogP contribution in [0.15, 0.2) is 65.1 Å². The molecular formula is C24H25ClN2O4S. The maximum Gasteiger partial charge on any atom is 0.410 e. The molecule has 6 nitrogen and oxygen atoms in total. The quantitative estimate of drug-likeness (QED) is 0.654. The number of piperidine rings is 1. The van der Waals surface area contributed by atoms with Crippen LogP contribution >= 0.6 is 11.6 Å². The number of amides is 1. The molecule has 2 fully saturated rings. The van der Waals surface area contributed by atoms with Crippen molar-refractivity contribution >= 4 is 38.5 Å². The number of rotatable bonds is 3. The zero-order chi connectivity index (χ0) is 22.5. The first kappa shape index (κ1) is 21.5. The van der Waals surface area contributed by atoms with Crippen molar-refractivity contribution in [1.82, 2.24) is 9.21 Å². The van der Waals surface area contributed by atoms with Crippen molar-refractivity contribution in [3.05, 3.63) is 65.2 Å². The number of cyclic esters (lactones) is 1. The molecule has 2 heterocycles. The van der Waals surface area contributed by atoms with Crippen molar-refractivity contribution in [2.24, 2.45) is 5.92 Å². The van der Waals surface area contributed by atoms with Crippen LogP contribution in [-0.2, 0) is 14.8 Å². The van der Waals surface area contributed by atoms with Gasteiger partial charge in [-0.05, 0) is 31.9 Å². The average molecular weight is 473 g/mol. The fourth-order valence-corrected chi connectivity index (χ4v) is 6.94. The predicted octanol–water partition coefficient (Wildman–Crippen LogP) is 4.60. The molecule has 2 unspecified atom stereocenters. The Kier molecular flexibility index (Phi) is 5.51. The predicted molar refractivity (Wildman–Crippen MR) is 124 cm³/mol. The van der Waals surface area contributed by atoms with Crippen LogP contribution in [-0.4, -0.2) is 55.5 Å². The van der Waals surface area contributed by atoms with E-state index in [2.05, 4.69) is 12.2 Å². The summed E-state index contributed by atoms with van der Waals surface area (Å²) < 4.78 is 33.9. The van der Waals surface area contributed by atoms with Crippen LogP contribution in [0.2, 0.25) is 5.02 Å². The molecule has 3 aliphatic rings. The van der Waals surface area contributed by atoms with Gasteiger partial charge in [0.25, 0.3) is 0 Å². The van der Waals surface area contributed by atoms with Gasteiger partial charge in [0, 0.05) is 40.8 Å². The summed E-state index contributed by atoms with van der Waals surface area (Å²) in [6.45, 7) is 3.13. The molecule has 0 aromatic heterocycles. The maximum absolute atomic E-state index is 13.5. The summed E-state index contributed by atoms with van der Waals surface area (Å²) in [6.07, 6.45) is 7.09. The second-order valence-corrected chi connectivity index (χ2v) is 10.9. The number of hydrogen-bond donors (Lipinski definition) is 0. The second kappa shape index (κ2) is 8.21. The van der Waals surface area contributed by atoms with Gasteiger partial charge in [-0.25, -0.2) is 13.2 Å². The molecule has 0 spiro atoms. The molecule has 32 heavy (non-hydrogen) atoms. The van der Waals surface area contributed by atoms with Crippen LogP contribution in [0.4, 0.5) is 4.79 Å². The summed E-state index contributed by atoms with van der Waals surface area (Å²) in [5.74, 6) is 0.139. The summed E-state index contributed by atoms with van der Waals surface area (Å²) in [6, 6.07) is 10.4. The van der Waals surface area contributed by atoms with Crippen LogP contribution in [0.3, 0.4) is 0 Å². The van der Waals surface area contributed by atoms with Crippen molar-refractivity contribution in [1.29, 1.82) is 0 Å². The molecule has 0 bridgehead atoms. The number of hydrogen-bond acceptors (Lipinski definition) is 4. The molecule has 0 N–H and O–H groups in total. The highest BCUT2D eigenvalue weighted by Gasteiger charge is 2.42. The van der Waals surface area contributed by atoms with Crippen molar-refractivity contribution in [2.75, 3.05) is 19.7 Å². The molecule has 2 aromatic rings. The van der Waals surface area contributed by atoms with Gasteiger partial charge in [-0.1, -0.05) is 59.7 Å². The molecule has 5 rings (SSSR count). The van der Waals surface area contributed by atoms with Gasteiger partial charge < -0.3 is 4.74 Å². The number of ether oxygens (including phenoxy) is 1. The molecule has 0 radical (unpaired) electrons. The fraction of sp³-hybridized carbons (Fsp3) is 0.375. The van der Waals surface area contributed by atoms with Gasteiger partial charge >= 0.3 is 6.09 Å². The minimum Gasteiger partial charge on any atom is -0.449 e. The first-order chi connectivity index (χ1) is 15.4. The van der Waals surface area contributed by atoms with Gasteiger partial charge in [0.15, 0.2) is 0 Å². The minimum absolute atomic E-state index is 0.0340. The van der Waals surface area contributed by atoms with Crippen LogP contribution in [0, 0.1) is 5.92 Å². The van der Waals surface area contributed by atoms with Crippen LogP contribution in [0.25, 0.3) is 10.8 Å². The third-order valence-corrected chi connectivity index (χ3v) is 8.96. The lowest BCUT2D eigenvalue weighted by Crippen LogP contribution is -2.57. The van der Waals surface area contributed by atoms with Gasteiger partial charge in [0.1, 0.15) is 6.61 Å². The average Bonchev–Trinajstić information content (AvgIpc) is 2.79. The summed E-state index contributed by atoms with van der Waals surface area (Å²) >= 11 is 6.28. The molecule has 8 heteroatoms.